The molecule has 0 unspecified atom stereocenters. The van der Waals surface area contributed by atoms with Crippen molar-refractivity contribution in [1.82, 2.24) is 0 Å². The molecule has 35 heavy (non-hydrogen) atoms. The van der Waals surface area contributed by atoms with Crippen LogP contribution in [0.1, 0.15) is 52.6 Å². The van der Waals surface area contributed by atoms with Crippen molar-refractivity contribution < 1.29 is 19.4 Å². The summed E-state index contributed by atoms with van der Waals surface area (Å²) >= 11 is 0. The predicted molar refractivity (Wildman–Crippen MR) is 139 cm³/mol. The van der Waals surface area contributed by atoms with Gasteiger partial charge in [0.25, 0.3) is 0 Å². The van der Waals surface area contributed by atoms with E-state index in [1.165, 1.54) is 12.1 Å². The number of aromatic hydroxyl groups is 1. The minimum atomic E-state index is -0.0319. The molecule has 0 aliphatic rings. The highest BCUT2D eigenvalue weighted by molar-refractivity contribution is 6.09. The topological polar surface area (TPSA) is 63.6 Å². The molecular formula is C31H30O4. The molecule has 4 heteroatoms. The fourth-order valence-electron chi connectivity index (χ4n) is 3.13. The molecule has 0 amide bonds. The summed E-state index contributed by atoms with van der Waals surface area (Å²) in [6.07, 6.45) is 0. The minimum absolute atomic E-state index is 0.0319. The normalized spacial score (nSPS) is 10.6. The first-order valence-electron chi connectivity index (χ1n) is 11.4. The maximum Gasteiger partial charge on any atom is 0.193 e. The van der Waals surface area contributed by atoms with Gasteiger partial charge in [0.1, 0.15) is 11.5 Å². The van der Waals surface area contributed by atoms with Crippen LogP contribution in [0.4, 0.5) is 0 Å². The largest absolute Gasteiger partial charge is 0.508 e. The molecule has 0 aliphatic carbocycles. The fraction of sp³-hybridized carbons (Fsp3) is 0.161. The summed E-state index contributed by atoms with van der Waals surface area (Å²) < 4.78 is 5.70. The zero-order valence-electron chi connectivity index (χ0n) is 20.3. The standard InChI is InChI=1S/C18H20O2.C13H10O2/c1-18(2,3)13-20-16-11-9-15(10-12-16)17(19)14-7-5-4-6-8-14;14-12-8-6-11(7-9-12)13(15)10-4-2-1-3-5-10/h4-12H,13H2,1-3H3;1-9,14H. The molecule has 0 saturated carbocycles. The number of rotatable bonds is 6. The summed E-state index contributed by atoms with van der Waals surface area (Å²) in [5.41, 5.74) is 2.75. The first kappa shape index (κ1) is 25.4. The van der Waals surface area contributed by atoms with E-state index in [2.05, 4.69) is 20.8 Å². The lowest BCUT2D eigenvalue weighted by molar-refractivity contribution is 0.103. The van der Waals surface area contributed by atoms with Crippen molar-refractivity contribution in [2.45, 2.75) is 20.8 Å². The van der Waals surface area contributed by atoms with E-state index in [0.717, 1.165) is 5.75 Å². The molecule has 4 aromatic carbocycles. The van der Waals surface area contributed by atoms with E-state index >= 15 is 0 Å². The van der Waals surface area contributed by atoms with Gasteiger partial charge in [-0.15, -0.1) is 0 Å². The molecule has 0 heterocycles. The van der Waals surface area contributed by atoms with Crippen LogP contribution in [0.3, 0.4) is 0 Å². The van der Waals surface area contributed by atoms with Gasteiger partial charge in [0.2, 0.25) is 0 Å². The van der Waals surface area contributed by atoms with Gasteiger partial charge in [0.05, 0.1) is 6.61 Å². The van der Waals surface area contributed by atoms with Crippen LogP contribution in [0, 0.1) is 5.41 Å². The summed E-state index contributed by atoms with van der Waals surface area (Å²) in [7, 11) is 0. The molecule has 1 N–H and O–H groups in total. The van der Waals surface area contributed by atoms with Crippen LogP contribution in [0.25, 0.3) is 0 Å². The second-order valence-corrected chi connectivity index (χ2v) is 9.31. The van der Waals surface area contributed by atoms with Crippen LogP contribution in [0.2, 0.25) is 0 Å². The Morgan fingerprint density at radius 1 is 0.600 bits per heavy atom. The Labute approximate surface area is 206 Å². The maximum atomic E-state index is 12.2. The summed E-state index contributed by atoms with van der Waals surface area (Å²) in [5.74, 6) is 0.965. The summed E-state index contributed by atoms with van der Waals surface area (Å²) in [5, 5.41) is 9.10. The minimum Gasteiger partial charge on any atom is -0.508 e. The van der Waals surface area contributed by atoms with Crippen molar-refractivity contribution in [3.8, 4) is 11.5 Å². The highest BCUT2D eigenvalue weighted by Gasteiger charge is 2.12. The third kappa shape index (κ3) is 7.97. The Balaban J connectivity index is 0.000000203. The molecule has 178 valence electrons. The highest BCUT2D eigenvalue weighted by atomic mass is 16.5. The van der Waals surface area contributed by atoms with Gasteiger partial charge in [-0.2, -0.15) is 0 Å². The summed E-state index contributed by atoms with van der Waals surface area (Å²) in [6, 6.07) is 31.9. The third-order valence-electron chi connectivity index (χ3n) is 4.99. The lowest BCUT2D eigenvalue weighted by Crippen LogP contribution is -2.16. The number of carbonyl (C=O) groups excluding carboxylic acids is 2. The number of phenols is 1. The van der Waals surface area contributed by atoms with Crippen LogP contribution in [-0.2, 0) is 0 Å². The average Bonchev–Trinajstić information content (AvgIpc) is 2.88. The maximum absolute atomic E-state index is 12.2. The molecule has 0 radical (unpaired) electrons. The lowest BCUT2D eigenvalue weighted by atomic mass is 9.98. The van der Waals surface area contributed by atoms with Crippen LogP contribution in [0.5, 0.6) is 11.5 Å². The number of benzene rings is 4. The van der Waals surface area contributed by atoms with Gasteiger partial charge in [0.15, 0.2) is 11.6 Å². The number of ketones is 2. The molecule has 0 fully saturated rings. The lowest BCUT2D eigenvalue weighted by Gasteiger charge is -2.18. The number of carbonyl (C=O) groups is 2. The van der Waals surface area contributed by atoms with Gasteiger partial charge in [-0.25, -0.2) is 0 Å². The van der Waals surface area contributed by atoms with E-state index in [-0.39, 0.29) is 22.7 Å². The quantitative estimate of drug-likeness (QED) is 0.312. The molecule has 0 aromatic heterocycles. The van der Waals surface area contributed by atoms with E-state index in [9.17, 15) is 9.59 Å². The molecule has 0 saturated heterocycles. The summed E-state index contributed by atoms with van der Waals surface area (Å²) in [6.45, 7) is 7.03. The van der Waals surface area contributed by atoms with Gasteiger partial charge >= 0.3 is 0 Å². The van der Waals surface area contributed by atoms with Crippen LogP contribution in [0.15, 0.2) is 109 Å². The second-order valence-electron chi connectivity index (χ2n) is 9.31. The first-order chi connectivity index (χ1) is 16.7. The predicted octanol–water partition coefficient (Wildman–Crippen LogP) is 6.97. The molecule has 4 aromatic rings. The van der Waals surface area contributed by atoms with Gasteiger partial charge < -0.3 is 9.84 Å². The third-order valence-corrected chi connectivity index (χ3v) is 4.99. The molecule has 0 bridgehead atoms. The zero-order valence-corrected chi connectivity index (χ0v) is 20.3. The zero-order chi connectivity index (χ0) is 25.3. The van der Waals surface area contributed by atoms with E-state index in [1.54, 1.807) is 24.3 Å². The van der Waals surface area contributed by atoms with Crippen molar-refractivity contribution in [2.75, 3.05) is 6.61 Å². The fourth-order valence-corrected chi connectivity index (χ4v) is 3.13. The van der Waals surface area contributed by atoms with Gasteiger partial charge in [-0.1, -0.05) is 81.4 Å². The van der Waals surface area contributed by atoms with E-state index in [0.29, 0.717) is 28.9 Å². The number of hydrogen-bond acceptors (Lipinski definition) is 4. The molecule has 0 aliphatic heterocycles. The summed E-state index contributed by atoms with van der Waals surface area (Å²) in [4.78, 5) is 24.1. The monoisotopic (exact) mass is 466 g/mol. The highest BCUT2D eigenvalue weighted by Crippen LogP contribution is 2.19. The average molecular weight is 467 g/mol. The SMILES string of the molecule is CC(C)(C)COc1ccc(C(=O)c2ccccc2)cc1.O=C(c1ccccc1)c1ccc(O)cc1. The molecule has 0 atom stereocenters. The molecular weight excluding hydrogens is 436 g/mol. The van der Waals surface area contributed by atoms with Crippen LogP contribution in [-0.4, -0.2) is 23.3 Å². The Kier molecular flexibility index (Phi) is 8.58. The first-order valence-corrected chi connectivity index (χ1v) is 11.4. The van der Waals surface area contributed by atoms with Crippen molar-refractivity contribution in [2.24, 2.45) is 5.41 Å². The van der Waals surface area contributed by atoms with Crippen LogP contribution >= 0.6 is 0 Å². The van der Waals surface area contributed by atoms with Crippen LogP contribution < -0.4 is 4.74 Å². The van der Waals surface area contributed by atoms with Crippen molar-refractivity contribution in [3.05, 3.63) is 131 Å². The Morgan fingerprint density at radius 2 is 0.971 bits per heavy atom. The van der Waals surface area contributed by atoms with Crippen molar-refractivity contribution in [1.29, 1.82) is 0 Å². The molecule has 4 rings (SSSR count). The van der Waals surface area contributed by atoms with E-state index in [4.69, 9.17) is 9.84 Å². The van der Waals surface area contributed by atoms with E-state index < -0.39 is 0 Å². The van der Waals surface area contributed by atoms with Crippen molar-refractivity contribution >= 4 is 11.6 Å². The van der Waals surface area contributed by atoms with Gasteiger partial charge in [-0.05, 0) is 53.9 Å². The number of ether oxygens (including phenoxy) is 1. The van der Waals surface area contributed by atoms with E-state index in [1.807, 2.05) is 72.8 Å². The Bertz CT molecular complexity index is 1220. The smallest absolute Gasteiger partial charge is 0.193 e. The van der Waals surface area contributed by atoms with Crippen molar-refractivity contribution in [3.63, 3.8) is 0 Å². The number of hydrogen-bond donors (Lipinski definition) is 1. The Morgan fingerprint density at radius 3 is 1.37 bits per heavy atom. The second kappa shape index (κ2) is 11.8. The molecule has 0 spiro atoms. The number of phenolic OH excluding ortho intramolecular Hbond substituents is 1. The Hall–Kier alpha value is -4.18. The van der Waals surface area contributed by atoms with Gasteiger partial charge in [0, 0.05) is 22.3 Å². The van der Waals surface area contributed by atoms with Gasteiger partial charge in [-0.3, -0.25) is 9.59 Å². The molecule has 4 nitrogen and oxygen atoms in total.